The summed E-state index contributed by atoms with van der Waals surface area (Å²) in [7, 11) is 0. The molecule has 0 spiro atoms. The van der Waals surface area contributed by atoms with Crippen LogP contribution in [0.25, 0.3) is 0 Å². The second-order valence-corrected chi connectivity index (χ2v) is 7.13. The summed E-state index contributed by atoms with van der Waals surface area (Å²) in [4.78, 5) is 2.56. The summed E-state index contributed by atoms with van der Waals surface area (Å²) >= 11 is 3.43. The molecule has 2 fully saturated rings. The Morgan fingerprint density at radius 1 is 1.04 bits per heavy atom. The lowest BCUT2D eigenvalue weighted by molar-refractivity contribution is -0.0698. The lowest BCUT2D eigenvalue weighted by atomic mass is 9.91. The van der Waals surface area contributed by atoms with E-state index in [0.717, 1.165) is 36.5 Å². The van der Waals surface area contributed by atoms with E-state index in [1.807, 2.05) is 24.3 Å². The first-order valence-corrected chi connectivity index (χ1v) is 9.44. The van der Waals surface area contributed by atoms with E-state index in [1.54, 1.807) is 0 Å². The highest BCUT2D eigenvalue weighted by molar-refractivity contribution is 9.10. The van der Waals surface area contributed by atoms with Crippen LogP contribution in [-0.4, -0.2) is 56.6 Å². The molecule has 1 saturated heterocycles. The molecule has 0 aromatic heterocycles. The quantitative estimate of drug-likeness (QED) is 0.703. The van der Waals surface area contributed by atoms with Gasteiger partial charge < -0.3 is 14.2 Å². The standard InChI is InChI=1S/C18H26BrNO3/c19-15-5-7-16(8-6-15)22-13-14-23-18-4-2-1-3-17(18)20-9-11-21-12-10-20/h5-8,17-18H,1-4,9-14H2/t17-,18-/m0/s1. The van der Waals surface area contributed by atoms with E-state index >= 15 is 0 Å². The molecule has 1 saturated carbocycles. The molecule has 0 bridgehead atoms. The van der Waals surface area contributed by atoms with Crippen molar-refractivity contribution in [3.05, 3.63) is 28.7 Å². The van der Waals surface area contributed by atoms with Crippen molar-refractivity contribution in [2.24, 2.45) is 0 Å². The van der Waals surface area contributed by atoms with Gasteiger partial charge in [-0.3, -0.25) is 4.90 Å². The number of ether oxygens (including phenoxy) is 3. The molecule has 1 heterocycles. The highest BCUT2D eigenvalue weighted by atomic mass is 79.9. The molecule has 1 aromatic carbocycles. The lowest BCUT2D eigenvalue weighted by Crippen LogP contribution is -2.51. The maximum Gasteiger partial charge on any atom is 0.119 e. The second kappa shape index (κ2) is 9.02. The van der Waals surface area contributed by atoms with E-state index in [1.165, 1.54) is 25.7 Å². The van der Waals surface area contributed by atoms with Crippen molar-refractivity contribution in [1.29, 1.82) is 0 Å². The van der Waals surface area contributed by atoms with Crippen LogP contribution in [-0.2, 0) is 9.47 Å². The normalized spacial score (nSPS) is 26.1. The van der Waals surface area contributed by atoms with Crippen LogP contribution in [0.4, 0.5) is 0 Å². The van der Waals surface area contributed by atoms with Crippen LogP contribution >= 0.6 is 15.9 Å². The molecule has 0 unspecified atom stereocenters. The monoisotopic (exact) mass is 383 g/mol. The second-order valence-electron chi connectivity index (χ2n) is 6.21. The molecule has 2 atom stereocenters. The van der Waals surface area contributed by atoms with Crippen molar-refractivity contribution in [3.63, 3.8) is 0 Å². The molecule has 1 aromatic rings. The van der Waals surface area contributed by atoms with Gasteiger partial charge in [-0.05, 0) is 37.1 Å². The highest BCUT2D eigenvalue weighted by Gasteiger charge is 2.31. The molecule has 0 N–H and O–H groups in total. The molecule has 128 valence electrons. The van der Waals surface area contributed by atoms with Crippen LogP contribution in [0.5, 0.6) is 5.75 Å². The van der Waals surface area contributed by atoms with Crippen LogP contribution in [0, 0.1) is 0 Å². The Morgan fingerprint density at radius 3 is 2.57 bits per heavy atom. The Morgan fingerprint density at radius 2 is 1.78 bits per heavy atom. The van der Waals surface area contributed by atoms with Gasteiger partial charge in [0.05, 0.1) is 25.9 Å². The number of morpholine rings is 1. The number of hydrogen-bond donors (Lipinski definition) is 0. The topological polar surface area (TPSA) is 30.9 Å². The van der Waals surface area contributed by atoms with Crippen molar-refractivity contribution < 1.29 is 14.2 Å². The molecule has 4 nitrogen and oxygen atoms in total. The Balaban J connectivity index is 1.42. The molecule has 0 radical (unpaired) electrons. The predicted octanol–water partition coefficient (Wildman–Crippen LogP) is 3.49. The zero-order valence-electron chi connectivity index (χ0n) is 13.6. The zero-order valence-corrected chi connectivity index (χ0v) is 15.2. The van der Waals surface area contributed by atoms with E-state index in [0.29, 0.717) is 25.4 Å². The van der Waals surface area contributed by atoms with Gasteiger partial charge in [-0.2, -0.15) is 0 Å². The number of halogens is 1. The smallest absolute Gasteiger partial charge is 0.119 e. The molecule has 1 aliphatic carbocycles. The predicted molar refractivity (Wildman–Crippen MR) is 94.0 cm³/mol. The van der Waals surface area contributed by atoms with Gasteiger partial charge in [0.15, 0.2) is 0 Å². The maximum atomic E-state index is 6.18. The van der Waals surface area contributed by atoms with Crippen LogP contribution < -0.4 is 4.74 Å². The van der Waals surface area contributed by atoms with Crippen LogP contribution in [0.1, 0.15) is 25.7 Å². The largest absolute Gasteiger partial charge is 0.491 e. The van der Waals surface area contributed by atoms with E-state index in [4.69, 9.17) is 14.2 Å². The molecule has 23 heavy (non-hydrogen) atoms. The summed E-state index contributed by atoms with van der Waals surface area (Å²) in [5, 5.41) is 0. The Labute approximate surface area is 147 Å². The van der Waals surface area contributed by atoms with Gasteiger partial charge in [0, 0.05) is 23.6 Å². The molecule has 0 amide bonds. The summed E-state index contributed by atoms with van der Waals surface area (Å²) in [5.41, 5.74) is 0. The van der Waals surface area contributed by atoms with Gasteiger partial charge in [-0.25, -0.2) is 0 Å². The van der Waals surface area contributed by atoms with E-state index in [2.05, 4.69) is 20.8 Å². The van der Waals surface area contributed by atoms with Crippen LogP contribution in [0.2, 0.25) is 0 Å². The first-order chi connectivity index (χ1) is 11.3. The van der Waals surface area contributed by atoms with Gasteiger partial charge in [0.1, 0.15) is 12.4 Å². The third-order valence-corrected chi connectivity index (χ3v) is 5.21. The maximum absolute atomic E-state index is 6.18. The minimum atomic E-state index is 0.343. The number of benzene rings is 1. The molecule has 5 heteroatoms. The van der Waals surface area contributed by atoms with E-state index in [-0.39, 0.29) is 0 Å². The third kappa shape index (κ3) is 5.18. The van der Waals surface area contributed by atoms with Crippen LogP contribution in [0.3, 0.4) is 0 Å². The summed E-state index contributed by atoms with van der Waals surface area (Å²) in [6.07, 6.45) is 5.35. The lowest BCUT2D eigenvalue weighted by Gasteiger charge is -2.41. The number of rotatable bonds is 6. The molecule has 3 rings (SSSR count). The first kappa shape index (κ1) is 17.2. The number of nitrogens with zero attached hydrogens (tertiary/aromatic N) is 1. The van der Waals surface area contributed by atoms with Crippen molar-refractivity contribution in [2.45, 2.75) is 37.8 Å². The van der Waals surface area contributed by atoms with E-state index in [9.17, 15) is 0 Å². The van der Waals surface area contributed by atoms with Crippen molar-refractivity contribution in [3.8, 4) is 5.75 Å². The van der Waals surface area contributed by atoms with Crippen molar-refractivity contribution in [2.75, 3.05) is 39.5 Å². The summed E-state index contributed by atoms with van der Waals surface area (Å²) in [5.74, 6) is 0.894. The first-order valence-electron chi connectivity index (χ1n) is 8.65. The minimum Gasteiger partial charge on any atom is -0.491 e. The fourth-order valence-electron chi connectivity index (χ4n) is 3.49. The number of hydrogen-bond acceptors (Lipinski definition) is 4. The van der Waals surface area contributed by atoms with Gasteiger partial charge >= 0.3 is 0 Å². The average Bonchev–Trinajstić information content (AvgIpc) is 2.61. The third-order valence-electron chi connectivity index (χ3n) is 4.68. The fraction of sp³-hybridized carbons (Fsp3) is 0.667. The summed E-state index contributed by atoms with van der Waals surface area (Å²) in [6.45, 7) is 5.06. The Hall–Kier alpha value is -0.620. The SMILES string of the molecule is Brc1ccc(OCCO[C@H]2CCCC[C@@H]2N2CCOCC2)cc1. The summed E-state index contributed by atoms with van der Waals surface area (Å²) < 4.78 is 18.5. The van der Waals surface area contributed by atoms with Crippen LogP contribution in [0.15, 0.2) is 28.7 Å². The van der Waals surface area contributed by atoms with Gasteiger partial charge in [-0.15, -0.1) is 0 Å². The zero-order chi connectivity index (χ0) is 15.9. The average molecular weight is 384 g/mol. The van der Waals surface area contributed by atoms with Crippen molar-refractivity contribution in [1.82, 2.24) is 4.90 Å². The molecular weight excluding hydrogens is 358 g/mol. The van der Waals surface area contributed by atoms with Crippen molar-refractivity contribution >= 4 is 15.9 Å². The van der Waals surface area contributed by atoms with Gasteiger partial charge in [0.25, 0.3) is 0 Å². The Bertz CT molecular complexity index is 462. The minimum absolute atomic E-state index is 0.343. The fourth-order valence-corrected chi connectivity index (χ4v) is 3.75. The highest BCUT2D eigenvalue weighted by Crippen LogP contribution is 2.26. The van der Waals surface area contributed by atoms with Gasteiger partial charge in [-0.1, -0.05) is 28.8 Å². The molecule has 1 aliphatic heterocycles. The summed E-state index contributed by atoms with van der Waals surface area (Å²) in [6, 6.07) is 8.49. The molecule has 2 aliphatic rings. The van der Waals surface area contributed by atoms with Gasteiger partial charge in [0.2, 0.25) is 0 Å². The van der Waals surface area contributed by atoms with E-state index < -0.39 is 0 Å². The Kier molecular flexibility index (Phi) is 6.75. The molecular formula is C18H26BrNO3.